The molecule has 2 aromatic carbocycles. The first-order chi connectivity index (χ1) is 9.08. The summed E-state index contributed by atoms with van der Waals surface area (Å²) >= 11 is 0. The van der Waals surface area contributed by atoms with Crippen LogP contribution in [0.2, 0.25) is 0 Å². The Balaban J connectivity index is 2.12. The second kappa shape index (κ2) is 5.44. The smallest absolute Gasteiger partial charge is 0.254 e. The van der Waals surface area contributed by atoms with Gasteiger partial charge in [-0.25, -0.2) is 0 Å². The Morgan fingerprint density at radius 3 is 2.53 bits per heavy atom. The average Bonchev–Trinajstić information content (AvgIpc) is 2.42. The highest BCUT2D eigenvalue weighted by atomic mass is 16.3. The van der Waals surface area contributed by atoms with Gasteiger partial charge in [0.1, 0.15) is 5.75 Å². The summed E-state index contributed by atoms with van der Waals surface area (Å²) in [4.78, 5) is 13.8. The Hall–Kier alpha value is -2.49. The maximum Gasteiger partial charge on any atom is 0.254 e. The van der Waals surface area contributed by atoms with Crippen molar-refractivity contribution in [3.8, 4) is 5.75 Å². The number of anilines is 1. The van der Waals surface area contributed by atoms with Gasteiger partial charge in [-0.15, -0.1) is 0 Å². The van der Waals surface area contributed by atoms with E-state index in [1.165, 1.54) is 12.1 Å². The molecule has 0 radical (unpaired) electrons. The maximum absolute atomic E-state index is 12.2. The molecule has 0 fully saturated rings. The second-order valence-corrected chi connectivity index (χ2v) is 4.42. The minimum atomic E-state index is -0.154. The molecule has 0 unspecified atom stereocenters. The maximum atomic E-state index is 12.2. The lowest BCUT2D eigenvalue weighted by Gasteiger charge is -2.17. The molecule has 0 aliphatic carbocycles. The minimum absolute atomic E-state index is 0.0704. The van der Waals surface area contributed by atoms with Crippen LogP contribution in [0.15, 0.2) is 48.5 Å². The van der Waals surface area contributed by atoms with Crippen molar-refractivity contribution < 1.29 is 9.90 Å². The predicted octanol–water partition coefficient (Wildman–Crippen LogP) is 2.25. The number of carbonyl (C=O) groups excluding carboxylic acids is 1. The average molecular weight is 256 g/mol. The summed E-state index contributed by atoms with van der Waals surface area (Å²) in [6.45, 7) is 0.519. The molecule has 2 rings (SSSR count). The fraction of sp³-hybridized carbons (Fsp3) is 0.133. The van der Waals surface area contributed by atoms with Crippen molar-refractivity contribution in [2.45, 2.75) is 6.54 Å². The Morgan fingerprint density at radius 1 is 1.21 bits per heavy atom. The molecule has 0 aliphatic heterocycles. The van der Waals surface area contributed by atoms with Gasteiger partial charge in [-0.1, -0.05) is 30.3 Å². The number of hydrogen-bond acceptors (Lipinski definition) is 3. The summed E-state index contributed by atoms with van der Waals surface area (Å²) < 4.78 is 0. The van der Waals surface area contributed by atoms with Gasteiger partial charge in [0.2, 0.25) is 0 Å². The van der Waals surface area contributed by atoms with Crippen LogP contribution in [0.3, 0.4) is 0 Å². The van der Waals surface area contributed by atoms with Crippen LogP contribution < -0.4 is 5.73 Å². The van der Waals surface area contributed by atoms with E-state index >= 15 is 0 Å². The molecule has 0 bridgehead atoms. The highest BCUT2D eigenvalue weighted by molar-refractivity contribution is 5.95. The number of amides is 1. The molecule has 98 valence electrons. The molecule has 0 saturated carbocycles. The number of benzene rings is 2. The lowest BCUT2D eigenvalue weighted by atomic mass is 10.1. The van der Waals surface area contributed by atoms with Gasteiger partial charge in [0, 0.05) is 19.2 Å². The Bertz CT molecular complexity index is 582. The number of hydrogen-bond donors (Lipinski definition) is 2. The standard InChI is InChI=1S/C15H16N2O2/c1-17(10-11-5-3-2-4-6-11)15(19)12-7-8-13(16)14(18)9-12/h2-9,18H,10,16H2,1H3. The molecule has 0 heterocycles. The SMILES string of the molecule is CN(Cc1ccccc1)C(=O)c1ccc(N)c(O)c1. The van der Waals surface area contributed by atoms with E-state index in [0.29, 0.717) is 12.1 Å². The number of nitrogens with two attached hydrogens (primary N) is 1. The molecule has 0 spiro atoms. The fourth-order valence-electron chi connectivity index (χ4n) is 1.83. The summed E-state index contributed by atoms with van der Waals surface area (Å²) in [5, 5.41) is 9.52. The predicted molar refractivity (Wildman–Crippen MR) is 74.8 cm³/mol. The topological polar surface area (TPSA) is 66.6 Å². The zero-order valence-corrected chi connectivity index (χ0v) is 10.7. The Kier molecular flexibility index (Phi) is 3.71. The summed E-state index contributed by atoms with van der Waals surface area (Å²) in [7, 11) is 1.72. The highest BCUT2D eigenvalue weighted by Crippen LogP contribution is 2.21. The molecule has 0 aliphatic rings. The zero-order chi connectivity index (χ0) is 13.8. The third-order valence-corrected chi connectivity index (χ3v) is 2.89. The van der Waals surface area contributed by atoms with E-state index in [2.05, 4.69) is 0 Å². The molecule has 0 saturated heterocycles. The molecule has 2 aromatic rings. The fourth-order valence-corrected chi connectivity index (χ4v) is 1.83. The minimum Gasteiger partial charge on any atom is -0.506 e. The van der Waals surface area contributed by atoms with Crippen LogP contribution in [0.5, 0.6) is 5.75 Å². The second-order valence-electron chi connectivity index (χ2n) is 4.42. The molecule has 19 heavy (non-hydrogen) atoms. The quantitative estimate of drug-likeness (QED) is 0.653. The van der Waals surface area contributed by atoms with E-state index < -0.39 is 0 Å². The summed E-state index contributed by atoms with van der Waals surface area (Å²) in [6.07, 6.45) is 0. The summed E-state index contributed by atoms with van der Waals surface area (Å²) in [5.74, 6) is -0.224. The zero-order valence-electron chi connectivity index (χ0n) is 10.7. The van der Waals surface area contributed by atoms with Crippen molar-refractivity contribution in [3.05, 3.63) is 59.7 Å². The van der Waals surface area contributed by atoms with Gasteiger partial charge in [-0.3, -0.25) is 4.79 Å². The van der Waals surface area contributed by atoms with Gasteiger partial charge in [0.25, 0.3) is 5.91 Å². The molecule has 4 heteroatoms. The molecular weight excluding hydrogens is 240 g/mol. The van der Waals surface area contributed by atoms with E-state index in [-0.39, 0.29) is 17.3 Å². The van der Waals surface area contributed by atoms with Crippen LogP contribution in [-0.4, -0.2) is 23.0 Å². The van der Waals surface area contributed by atoms with Crippen molar-refractivity contribution in [1.82, 2.24) is 4.90 Å². The molecule has 0 atom stereocenters. The van der Waals surface area contributed by atoms with Gasteiger partial charge >= 0.3 is 0 Å². The van der Waals surface area contributed by atoms with Crippen LogP contribution in [0.1, 0.15) is 15.9 Å². The number of nitrogens with zero attached hydrogens (tertiary/aromatic N) is 1. The van der Waals surface area contributed by atoms with E-state index in [4.69, 9.17) is 5.73 Å². The van der Waals surface area contributed by atoms with Crippen molar-refractivity contribution in [2.75, 3.05) is 12.8 Å². The number of nitrogen functional groups attached to an aromatic ring is 1. The van der Waals surface area contributed by atoms with E-state index in [1.807, 2.05) is 30.3 Å². The number of rotatable bonds is 3. The molecule has 1 amide bonds. The number of phenols is 1. The molecule has 0 aromatic heterocycles. The number of carbonyl (C=O) groups is 1. The van der Waals surface area contributed by atoms with Crippen LogP contribution in [0.25, 0.3) is 0 Å². The van der Waals surface area contributed by atoms with E-state index in [9.17, 15) is 9.90 Å². The van der Waals surface area contributed by atoms with Crippen LogP contribution in [0, 0.1) is 0 Å². The van der Waals surface area contributed by atoms with Crippen molar-refractivity contribution in [3.63, 3.8) is 0 Å². The van der Waals surface area contributed by atoms with E-state index in [0.717, 1.165) is 5.56 Å². The monoisotopic (exact) mass is 256 g/mol. The van der Waals surface area contributed by atoms with Crippen LogP contribution in [0.4, 0.5) is 5.69 Å². The first-order valence-electron chi connectivity index (χ1n) is 5.96. The lowest BCUT2D eigenvalue weighted by molar-refractivity contribution is 0.0784. The Morgan fingerprint density at radius 2 is 1.89 bits per heavy atom. The number of phenolic OH excluding ortho intramolecular Hbond substituents is 1. The van der Waals surface area contributed by atoms with Crippen molar-refractivity contribution in [1.29, 1.82) is 0 Å². The van der Waals surface area contributed by atoms with Gasteiger partial charge in [0.05, 0.1) is 5.69 Å². The molecule has 4 nitrogen and oxygen atoms in total. The lowest BCUT2D eigenvalue weighted by Crippen LogP contribution is -2.26. The number of aromatic hydroxyl groups is 1. The molecular formula is C15H16N2O2. The third kappa shape index (κ3) is 3.04. The van der Waals surface area contributed by atoms with E-state index in [1.54, 1.807) is 18.0 Å². The van der Waals surface area contributed by atoms with Gasteiger partial charge in [0.15, 0.2) is 0 Å². The van der Waals surface area contributed by atoms with Gasteiger partial charge < -0.3 is 15.7 Å². The van der Waals surface area contributed by atoms with Gasteiger partial charge in [-0.2, -0.15) is 0 Å². The molecule has 3 N–H and O–H groups in total. The summed E-state index contributed by atoms with van der Waals surface area (Å²) in [6, 6.07) is 14.3. The van der Waals surface area contributed by atoms with Crippen LogP contribution in [-0.2, 0) is 6.54 Å². The highest BCUT2D eigenvalue weighted by Gasteiger charge is 2.13. The van der Waals surface area contributed by atoms with Crippen molar-refractivity contribution >= 4 is 11.6 Å². The Labute approximate surface area is 112 Å². The largest absolute Gasteiger partial charge is 0.506 e. The van der Waals surface area contributed by atoms with Crippen molar-refractivity contribution in [2.24, 2.45) is 0 Å². The summed E-state index contributed by atoms with van der Waals surface area (Å²) in [5.41, 5.74) is 7.25. The normalized spacial score (nSPS) is 10.2. The van der Waals surface area contributed by atoms with Gasteiger partial charge in [-0.05, 0) is 23.8 Å². The first-order valence-corrected chi connectivity index (χ1v) is 5.96. The van der Waals surface area contributed by atoms with Crippen LogP contribution >= 0.6 is 0 Å². The first kappa shape index (κ1) is 13.0. The third-order valence-electron chi connectivity index (χ3n) is 2.89.